The molecule has 4 rings (SSSR count). The number of nitrogens with one attached hydrogen (secondary N) is 2. The van der Waals surface area contributed by atoms with E-state index in [2.05, 4.69) is 49.3 Å². The van der Waals surface area contributed by atoms with Crippen LogP contribution in [0, 0.1) is 6.92 Å². The third-order valence-electron chi connectivity index (χ3n) is 4.48. The molecule has 5 nitrogen and oxygen atoms in total. The Morgan fingerprint density at radius 1 is 1.27 bits per heavy atom. The lowest BCUT2D eigenvalue weighted by Gasteiger charge is -2.26. The Morgan fingerprint density at radius 2 is 2.18 bits per heavy atom. The number of aromatic nitrogens is 4. The fourth-order valence-corrected chi connectivity index (χ4v) is 3.37. The summed E-state index contributed by atoms with van der Waals surface area (Å²) in [6.45, 7) is 5.23. The van der Waals surface area contributed by atoms with E-state index in [1.807, 2.05) is 6.92 Å². The Labute approximate surface area is 129 Å². The molecule has 0 aliphatic carbocycles. The van der Waals surface area contributed by atoms with E-state index in [9.17, 15) is 0 Å². The van der Waals surface area contributed by atoms with Crippen molar-refractivity contribution < 1.29 is 0 Å². The highest BCUT2D eigenvalue weighted by Gasteiger charge is 2.20. The molecule has 3 aromatic rings. The summed E-state index contributed by atoms with van der Waals surface area (Å²) in [4.78, 5) is 10.5. The number of hydrogen-bond donors (Lipinski definition) is 2. The number of para-hydroxylation sites is 1. The molecule has 0 unspecified atom stereocenters. The second-order valence-electron chi connectivity index (χ2n) is 6.09. The van der Waals surface area contributed by atoms with Crippen LogP contribution in [0.5, 0.6) is 0 Å². The fraction of sp³-hybridized carbons (Fsp3) is 0.412. The summed E-state index contributed by atoms with van der Waals surface area (Å²) in [5.74, 6) is 1.83. The Kier molecular flexibility index (Phi) is 3.42. The van der Waals surface area contributed by atoms with Crippen molar-refractivity contribution in [1.29, 1.82) is 0 Å². The van der Waals surface area contributed by atoms with Crippen LogP contribution in [-0.4, -0.2) is 38.2 Å². The first-order chi connectivity index (χ1) is 10.8. The summed E-state index contributed by atoms with van der Waals surface area (Å²) < 4.78 is 0. The van der Waals surface area contributed by atoms with Crippen LogP contribution in [0.1, 0.15) is 29.3 Å². The van der Waals surface area contributed by atoms with Gasteiger partial charge in [0.05, 0.1) is 0 Å². The number of nitrogens with zero attached hydrogens (tertiary/aromatic N) is 3. The van der Waals surface area contributed by atoms with E-state index in [1.54, 1.807) is 0 Å². The fourth-order valence-electron chi connectivity index (χ4n) is 3.37. The van der Waals surface area contributed by atoms with E-state index in [0.717, 1.165) is 50.5 Å². The number of H-pyrrole nitrogens is 2. The van der Waals surface area contributed by atoms with Gasteiger partial charge in [-0.3, -0.25) is 10.00 Å². The maximum atomic E-state index is 4.37. The van der Waals surface area contributed by atoms with E-state index in [4.69, 9.17) is 0 Å². The second kappa shape index (κ2) is 5.57. The topological polar surface area (TPSA) is 60.6 Å². The van der Waals surface area contributed by atoms with Gasteiger partial charge < -0.3 is 4.98 Å². The van der Waals surface area contributed by atoms with Gasteiger partial charge in [0, 0.05) is 42.5 Å². The van der Waals surface area contributed by atoms with Crippen LogP contribution >= 0.6 is 0 Å². The van der Waals surface area contributed by atoms with Crippen molar-refractivity contribution >= 4 is 10.9 Å². The van der Waals surface area contributed by atoms with Crippen molar-refractivity contribution in [3.05, 3.63) is 47.2 Å². The summed E-state index contributed by atoms with van der Waals surface area (Å²) in [5, 5.41) is 8.50. The average Bonchev–Trinajstić information content (AvgIpc) is 3.10. The minimum Gasteiger partial charge on any atom is -0.358 e. The summed E-state index contributed by atoms with van der Waals surface area (Å²) in [5.41, 5.74) is 4.17. The van der Waals surface area contributed by atoms with Crippen LogP contribution in [0.25, 0.3) is 10.9 Å². The van der Waals surface area contributed by atoms with Crippen LogP contribution in [-0.2, 0) is 19.4 Å². The highest BCUT2D eigenvalue weighted by Crippen LogP contribution is 2.27. The van der Waals surface area contributed by atoms with Crippen LogP contribution in [0.15, 0.2) is 24.3 Å². The molecular weight excluding hydrogens is 274 g/mol. The van der Waals surface area contributed by atoms with Gasteiger partial charge in [-0.25, -0.2) is 4.98 Å². The van der Waals surface area contributed by atoms with E-state index >= 15 is 0 Å². The lowest BCUT2D eigenvalue weighted by molar-refractivity contribution is 0.251. The van der Waals surface area contributed by atoms with Gasteiger partial charge >= 0.3 is 0 Å². The molecule has 0 saturated carbocycles. The van der Waals surface area contributed by atoms with Crippen LogP contribution < -0.4 is 0 Å². The molecule has 0 fully saturated rings. The molecular formula is C17H21N5. The first kappa shape index (κ1) is 13.5. The quantitative estimate of drug-likeness (QED) is 0.777. The number of benzene rings is 1. The molecule has 0 spiro atoms. The number of aryl methyl sites for hydroxylation is 2. The zero-order chi connectivity index (χ0) is 14.9. The molecule has 0 atom stereocenters. The maximum Gasteiger partial charge on any atom is 0.150 e. The van der Waals surface area contributed by atoms with E-state index in [-0.39, 0.29) is 0 Å². The molecule has 1 aliphatic rings. The highest BCUT2D eigenvalue weighted by molar-refractivity contribution is 5.84. The molecule has 22 heavy (non-hydrogen) atoms. The molecule has 1 aliphatic heterocycles. The molecule has 0 radical (unpaired) electrons. The number of fused-ring (bicyclic) bond motifs is 3. The summed E-state index contributed by atoms with van der Waals surface area (Å²) >= 11 is 0. The van der Waals surface area contributed by atoms with Crippen LogP contribution in [0.2, 0.25) is 0 Å². The molecule has 0 saturated heterocycles. The minimum atomic E-state index is 0.899. The highest BCUT2D eigenvalue weighted by atomic mass is 15.2. The molecule has 1 aromatic carbocycles. The lowest BCUT2D eigenvalue weighted by Crippen LogP contribution is -2.31. The van der Waals surface area contributed by atoms with Gasteiger partial charge in [-0.1, -0.05) is 18.2 Å². The predicted octanol–water partition coefficient (Wildman–Crippen LogP) is 2.59. The molecule has 0 bridgehead atoms. The third-order valence-corrected chi connectivity index (χ3v) is 4.48. The Balaban J connectivity index is 1.41. The van der Waals surface area contributed by atoms with Gasteiger partial charge in [-0.05, 0) is 31.5 Å². The number of aromatic amines is 2. The lowest BCUT2D eigenvalue weighted by atomic mass is 10.0. The standard InChI is InChI=1S/C17H21N5/c1-12-18-17(21-20-12)7-4-9-22-10-8-16-14(11-22)13-5-2-3-6-15(13)19-16/h2-3,5-6,19H,4,7-11H2,1H3,(H,18,20,21). The van der Waals surface area contributed by atoms with E-state index in [1.165, 1.54) is 22.2 Å². The molecule has 3 heterocycles. The van der Waals surface area contributed by atoms with E-state index < -0.39 is 0 Å². The average molecular weight is 295 g/mol. The van der Waals surface area contributed by atoms with Crippen molar-refractivity contribution in [1.82, 2.24) is 25.1 Å². The van der Waals surface area contributed by atoms with Gasteiger partial charge in [-0.15, -0.1) is 0 Å². The summed E-state index contributed by atoms with van der Waals surface area (Å²) in [6, 6.07) is 8.62. The van der Waals surface area contributed by atoms with Gasteiger partial charge in [-0.2, -0.15) is 5.10 Å². The van der Waals surface area contributed by atoms with Gasteiger partial charge in [0.25, 0.3) is 0 Å². The SMILES string of the molecule is Cc1nc(CCCN2CCc3[nH]c4ccccc4c3C2)n[nH]1. The molecule has 5 heteroatoms. The molecule has 0 amide bonds. The van der Waals surface area contributed by atoms with E-state index in [0.29, 0.717) is 0 Å². The van der Waals surface area contributed by atoms with Crippen molar-refractivity contribution in [2.45, 2.75) is 32.7 Å². The minimum absolute atomic E-state index is 0.899. The Morgan fingerprint density at radius 3 is 3.05 bits per heavy atom. The maximum absolute atomic E-state index is 4.37. The largest absolute Gasteiger partial charge is 0.358 e. The molecule has 114 valence electrons. The molecule has 2 N–H and O–H groups in total. The summed E-state index contributed by atoms with van der Waals surface area (Å²) in [6.07, 6.45) is 3.17. The first-order valence-electron chi connectivity index (χ1n) is 7.98. The van der Waals surface area contributed by atoms with Crippen molar-refractivity contribution in [2.75, 3.05) is 13.1 Å². The smallest absolute Gasteiger partial charge is 0.150 e. The zero-order valence-corrected chi connectivity index (χ0v) is 12.9. The Bertz CT molecular complexity index is 785. The molecule has 2 aromatic heterocycles. The van der Waals surface area contributed by atoms with Crippen LogP contribution in [0.3, 0.4) is 0 Å². The van der Waals surface area contributed by atoms with Gasteiger partial charge in [0.15, 0.2) is 5.82 Å². The normalized spacial score (nSPS) is 15.3. The van der Waals surface area contributed by atoms with Crippen molar-refractivity contribution in [2.24, 2.45) is 0 Å². The first-order valence-corrected chi connectivity index (χ1v) is 7.98. The Hall–Kier alpha value is -2.14. The van der Waals surface area contributed by atoms with Gasteiger partial charge in [0.1, 0.15) is 5.82 Å². The van der Waals surface area contributed by atoms with Gasteiger partial charge in [0.2, 0.25) is 0 Å². The van der Waals surface area contributed by atoms with Crippen molar-refractivity contribution in [3.63, 3.8) is 0 Å². The summed E-state index contributed by atoms with van der Waals surface area (Å²) in [7, 11) is 0. The van der Waals surface area contributed by atoms with Crippen molar-refractivity contribution in [3.8, 4) is 0 Å². The number of hydrogen-bond acceptors (Lipinski definition) is 3. The monoisotopic (exact) mass is 295 g/mol. The third kappa shape index (κ3) is 2.52. The second-order valence-corrected chi connectivity index (χ2v) is 6.09. The number of rotatable bonds is 4. The van der Waals surface area contributed by atoms with Crippen LogP contribution in [0.4, 0.5) is 0 Å². The predicted molar refractivity (Wildman–Crippen MR) is 86.7 cm³/mol. The zero-order valence-electron chi connectivity index (χ0n) is 12.9.